The molecule has 0 spiro atoms. The minimum absolute atomic E-state index is 0.0670. The Morgan fingerprint density at radius 1 is 1.29 bits per heavy atom. The number of nitrogens with one attached hydrogen (secondary N) is 1. The molecule has 0 amide bonds. The number of rotatable bonds is 3. The van der Waals surface area contributed by atoms with E-state index in [4.69, 9.17) is 9.47 Å². The molecule has 3 atom stereocenters. The quantitative estimate of drug-likeness (QED) is 0.805. The predicted octanol–water partition coefficient (Wildman–Crippen LogP) is 0.508. The van der Waals surface area contributed by atoms with Crippen molar-refractivity contribution in [2.75, 3.05) is 19.0 Å². The molecule has 0 bridgehead atoms. The van der Waals surface area contributed by atoms with Crippen molar-refractivity contribution in [3.05, 3.63) is 0 Å². The Hall–Kier alpha value is -0.170. The van der Waals surface area contributed by atoms with Crippen LogP contribution in [0.2, 0.25) is 0 Å². The highest BCUT2D eigenvalue weighted by Gasteiger charge is 2.43. The van der Waals surface area contributed by atoms with E-state index in [0.29, 0.717) is 13.2 Å². The SMILES string of the molecule is CC(C)(C)CS(=O)(=O)N[C@@H]1COC2CCOC21. The minimum atomic E-state index is -3.27. The van der Waals surface area contributed by atoms with Crippen molar-refractivity contribution in [2.24, 2.45) is 5.41 Å². The van der Waals surface area contributed by atoms with Gasteiger partial charge in [0, 0.05) is 6.61 Å². The Morgan fingerprint density at radius 2 is 2.00 bits per heavy atom. The maximum atomic E-state index is 12.0. The van der Waals surface area contributed by atoms with Crippen molar-refractivity contribution in [3.8, 4) is 0 Å². The van der Waals surface area contributed by atoms with E-state index in [2.05, 4.69) is 4.72 Å². The fraction of sp³-hybridized carbons (Fsp3) is 1.00. The van der Waals surface area contributed by atoms with Crippen molar-refractivity contribution in [2.45, 2.75) is 45.4 Å². The highest BCUT2D eigenvalue weighted by atomic mass is 32.2. The van der Waals surface area contributed by atoms with Crippen LogP contribution in [0.15, 0.2) is 0 Å². The standard InChI is InChI=1S/C11H21NO4S/c1-11(2,3)7-17(13,14)12-8-6-16-9-4-5-15-10(8)9/h8-10,12H,4-7H2,1-3H3/t8-,9?,10?/m1/s1. The van der Waals surface area contributed by atoms with Crippen LogP contribution in [0.25, 0.3) is 0 Å². The minimum Gasteiger partial charge on any atom is -0.374 e. The summed E-state index contributed by atoms with van der Waals surface area (Å²) in [5, 5.41) is 0. The first-order valence-electron chi connectivity index (χ1n) is 6.00. The Morgan fingerprint density at radius 3 is 2.65 bits per heavy atom. The van der Waals surface area contributed by atoms with Gasteiger partial charge in [-0.2, -0.15) is 0 Å². The molecule has 0 aromatic carbocycles. The summed E-state index contributed by atoms with van der Waals surface area (Å²) in [6, 6.07) is -0.227. The van der Waals surface area contributed by atoms with Crippen molar-refractivity contribution < 1.29 is 17.9 Å². The molecule has 2 aliphatic heterocycles. The van der Waals surface area contributed by atoms with Gasteiger partial charge in [0.15, 0.2) is 0 Å². The van der Waals surface area contributed by atoms with Crippen LogP contribution in [-0.2, 0) is 19.5 Å². The molecule has 100 valence electrons. The average Bonchev–Trinajstić information content (AvgIpc) is 2.64. The zero-order valence-electron chi connectivity index (χ0n) is 10.6. The highest BCUT2D eigenvalue weighted by Crippen LogP contribution is 2.27. The average molecular weight is 263 g/mol. The van der Waals surface area contributed by atoms with E-state index in [1.165, 1.54) is 0 Å². The number of sulfonamides is 1. The molecule has 2 rings (SSSR count). The summed E-state index contributed by atoms with van der Waals surface area (Å²) < 4.78 is 37.7. The molecule has 2 aliphatic rings. The third-order valence-electron chi connectivity index (χ3n) is 2.92. The lowest BCUT2D eigenvalue weighted by Gasteiger charge is -2.22. The van der Waals surface area contributed by atoms with Crippen LogP contribution < -0.4 is 4.72 Å². The van der Waals surface area contributed by atoms with Gasteiger partial charge in [0.2, 0.25) is 10.0 Å². The molecule has 2 heterocycles. The van der Waals surface area contributed by atoms with Gasteiger partial charge in [0.25, 0.3) is 0 Å². The van der Waals surface area contributed by atoms with Crippen molar-refractivity contribution in [1.82, 2.24) is 4.72 Å². The van der Waals surface area contributed by atoms with E-state index in [0.717, 1.165) is 6.42 Å². The van der Waals surface area contributed by atoms with Crippen molar-refractivity contribution >= 4 is 10.0 Å². The molecule has 1 N–H and O–H groups in total. The van der Waals surface area contributed by atoms with Crippen LogP contribution in [0.1, 0.15) is 27.2 Å². The molecule has 0 aliphatic carbocycles. The lowest BCUT2D eigenvalue weighted by Crippen LogP contribution is -2.46. The summed E-state index contributed by atoms with van der Waals surface area (Å²) in [6.07, 6.45) is 0.824. The number of ether oxygens (including phenoxy) is 2. The summed E-state index contributed by atoms with van der Waals surface area (Å²) in [5.41, 5.74) is -0.249. The number of fused-ring (bicyclic) bond motifs is 1. The summed E-state index contributed by atoms with van der Waals surface area (Å²) in [7, 11) is -3.27. The molecule has 5 nitrogen and oxygen atoms in total. The first-order valence-corrected chi connectivity index (χ1v) is 7.65. The molecule has 0 saturated carbocycles. The fourth-order valence-corrected chi connectivity index (χ4v) is 4.30. The maximum absolute atomic E-state index is 12.0. The molecule has 17 heavy (non-hydrogen) atoms. The summed E-state index contributed by atoms with van der Waals surface area (Å²) >= 11 is 0. The zero-order chi connectivity index (χ0) is 12.7. The van der Waals surface area contributed by atoms with Gasteiger partial charge in [-0.15, -0.1) is 0 Å². The van der Waals surface area contributed by atoms with Gasteiger partial charge < -0.3 is 9.47 Å². The maximum Gasteiger partial charge on any atom is 0.212 e. The van der Waals surface area contributed by atoms with E-state index in [-0.39, 0.29) is 29.4 Å². The van der Waals surface area contributed by atoms with E-state index in [1.54, 1.807) is 0 Å². The second-order valence-electron chi connectivity index (χ2n) is 6.04. The third-order valence-corrected chi connectivity index (χ3v) is 4.83. The third kappa shape index (κ3) is 3.40. The van der Waals surface area contributed by atoms with Gasteiger partial charge in [-0.1, -0.05) is 20.8 Å². The number of hydrogen-bond acceptors (Lipinski definition) is 4. The van der Waals surface area contributed by atoms with Crippen LogP contribution >= 0.6 is 0 Å². The van der Waals surface area contributed by atoms with Gasteiger partial charge in [-0.3, -0.25) is 0 Å². The highest BCUT2D eigenvalue weighted by molar-refractivity contribution is 7.89. The summed E-state index contributed by atoms with van der Waals surface area (Å²) in [4.78, 5) is 0. The second-order valence-corrected chi connectivity index (χ2v) is 7.79. The smallest absolute Gasteiger partial charge is 0.212 e. The summed E-state index contributed by atoms with van der Waals surface area (Å²) in [5.74, 6) is 0.119. The van der Waals surface area contributed by atoms with Gasteiger partial charge in [0.05, 0.1) is 24.5 Å². The van der Waals surface area contributed by atoms with Crippen LogP contribution in [0.4, 0.5) is 0 Å². The monoisotopic (exact) mass is 263 g/mol. The molecule has 6 heteroatoms. The van der Waals surface area contributed by atoms with Gasteiger partial charge in [0.1, 0.15) is 6.10 Å². The van der Waals surface area contributed by atoms with Gasteiger partial charge in [-0.25, -0.2) is 13.1 Å². The topological polar surface area (TPSA) is 64.6 Å². The summed E-state index contributed by atoms with van der Waals surface area (Å²) in [6.45, 7) is 6.80. The first kappa shape index (κ1) is 13.3. The molecule has 2 unspecified atom stereocenters. The lowest BCUT2D eigenvalue weighted by atomic mass is 10.0. The Kier molecular flexibility index (Phi) is 3.51. The van der Waals surface area contributed by atoms with Crippen molar-refractivity contribution in [3.63, 3.8) is 0 Å². The first-order chi connectivity index (χ1) is 7.77. The van der Waals surface area contributed by atoms with E-state index in [9.17, 15) is 8.42 Å². The van der Waals surface area contributed by atoms with Gasteiger partial charge >= 0.3 is 0 Å². The molecule has 2 fully saturated rings. The Balaban J connectivity index is 1.97. The van der Waals surface area contributed by atoms with Crippen LogP contribution in [0.5, 0.6) is 0 Å². The van der Waals surface area contributed by atoms with Crippen LogP contribution in [0.3, 0.4) is 0 Å². The zero-order valence-corrected chi connectivity index (χ0v) is 11.4. The normalized spacial score (nSPS) is 33.9. The second kappa shape index (κ2) is 4.50. The molecular weight excluding hydrogens is 242 g/mol. The van der Waals surface area contributed by atoms with Crippen molar-refractivity contribution in [1.29, 1.82) is 0 Å². The molecule has 0 aromatic rings. The Bertz CT molecular complexity index is 373. The van der Waals surface area contributed by atoms with Crippen LogP contribution in [0, 0.1) is 5.41 Å². The predicted molar refractivity (Wildman–Crippen MR) is 64.3 cm³/mol. The Labute approximate surface area is 103 Å². The van der Waals surface area contributed by atoms with E-state index in [1.807, 2.05) is 20.8 Å². The van der Waals surface area contributed by atoms with E-state index < -0.39 is 10.0 Å². The van der Waals surface area contributed by atoms with Gasteiger partial charge in [-0.05, 0) is 11.8 Å². The number of hydrogen-bond donors (Lipinski definition) is 1. The molecular formula is C11H21NO4S. The van der Waals surface area contributed by atoms with Crippen LogP contribution in [-0.4, -0.2) is 45.6 Å². The molecule has 2 saturated heterocycles. The van der Waals surface area contributed by atoms with E-state index >= 15 is 0 Å². The largest absolute Gasteiger partial charge is 0.374 e. The fourth-order valence-electron chi connectivity index (χ4n) is 2.41. The molecule has 0 radical (unpaired) electrons. The lowest BCUT2D eigenvalue weighted by molar-refractivity contribution is 0.0699. The molecule has 0 aromatic heterocycles.